The number of aliphatic hydroxyl groups excluding tert-OH is 4. The maximum atomic E-state index is 13.1. The van der Waals surface area contributed by atoms with E-state index >= 15 is 0 Å². The van der Waals surface area contributed by atoms with Gasteiger partial charge in [-0.3, -0.25) is 9.35 Å². The first-order valence-corrected chi connectivity index (χ1v) is 30.7. The van der Waals surface area contributed by atoms with Crippen molar-refractivity contribution in [1.82, 2.24) is 5.32 Å². The zero-order valence-electron chi connectivity index (χ0n) is 45.3. The summed E-state index contributed by atoms with van der Waals surface area (Å²) in [4.78, 5) is 13.1. The van der Waals surface area contributed by atoms with Crippen molar-refractivity contribution < 1.29 is 51.8 Å². The average Bonchev–Trinajstić information content (AvgIpc) is 3.34. The predicted molar refractivity (Wildman–Crippen MR) is 292 cm³/mol. The molecule has 0 bridgehead atoms. The van der Waals surface area contributed by atoms with Gasteiger partial charge in [-0.15, -0.1) is 0 Å². The second-order valence-corrected chi connectivity index (χ2v) is 21.6. The van der Waals surface area contributed by atoms with Crippen molar-refractivity contribution in [2.45, 2.75) is 314 Å². The highest BCUT2D eigenvalue weighted by Crippen LogP contribution is 2.26. The van der Waals surface area contributed by atoms with Crippen molar-refractivity contribution in [2.24, 2.45) is 0 Å². The van der Waals surface area contributed by atoms with E-state index in [2.05, 4.69) is 47.7 Å². The van der Waals surface area contributed by atoms with E-state index in [0.717, 1.165) is 44.9 Å². The Bertz CT molecular complexity index is 1390. The Balaban J connectivity index is 2.21. The summed E-state index contributed by atoms with van der Waals surface area (Å²) in [5.41, 5.74) is 0. The van der Waals surface area contributed by atoms with E-state index in [9.17, 15) is 38.2 Å². The first kappa shape index (κ1) is 67.3. The number of hydrogen-bond acceptors (Lipinski definition) is 10. The van der Waals surface area contributed by atoms with Crippen LogP contribution in [0.5, 0.6) is 0 Å². The van der Waals surface area contributed by atoms with Gasteiger partial charge < -0.3 is 35.2 Å². The van der Waals surface area contributed by atoms with Crippen molar-refractivity contribution in [3.05, 3.63) is 36.5 Å². The number of rotatable bonds is 51. The van der Waals surface area contributed by atoms with Crippen LogP contribution in [0.1, 0.15) is 271 Å². The van der Waals surface area contributed by atoms with E-state index in [0.29, 0.717) is 6.42 Å². The quantitative estimate of drug-likeness (QED) is 0.0193. The van der Waals surface area contributed by atoms with Gasteiger partial charge in [0.25, 0.3) is 0 Å². The molecule has 1 saturated heterocycles. The molecule has 0 aliphatic carbocycles. The van der Waals surface area contributed by atoms with Crippen LogP contribution in [0.3, 0.4) is 0 Å². The number of allylic oxidation sites excluding steroid dienone is 5. The lowest BCUT2D eigenvalue weighted by Crippen LogP contribution is -2.61. The molecule has 1 aliphatic heterocycles. The highest BCUT2D eigenvalue weighted by Gasteiger charge is 2.48. The van der Waals surface area contributed by atoms with Gasteiger partial charge in [-0.2, -0.15) is 8.42 Å². The smallest absolute Gasteiger partial charge is 0.394 e. The van der Waals surface area contributed by atoms with Crippen LogP contribution in [0.25, 0.3) is 0 Å². The maximum Gasteiger partial charge on any atom is 0.397 e. The molecule has 6 N–H and O–H groups in total. The average molecular weight is 1030 g/mol. The SMILES string of the molecule is CCCCCCCCCCC/C=C\C/C=C\CCCCCCCCCCCCCCCCCCCC(=O)NC(COC1OC(CO)C(O)C(OS(=O)(=O)O)C1O)C(O)/C=C/CCCCCCCCCCC. The van der Waals surface area contributed by atoms with E-state index in [1.165, 1.54) is 199 Å². The lowest BCUT2D eigenvalue weighted by molar-refractivity contribution is -0.298. The Kier molecular flexibility index (Phi) is 45.5. The van der Waals surface area contributed by atoms with E-state index in [1.54, 1.807) is 6.08 Å². The Morgan fingerprint density at radius 2 is 0.944 bits per heavy atom. The minimum absolute atomic E-state index is 0.261. The molecule has 1 aliphatic rings. The summed E-state index contributed by atoms with van der Waals surface area (Å²) in [6.45, 7) is 3.39. The van der Waals surface area contributed by atoms with Crippen LogP contribution in [-0.4, -0.2) is 95.4 Å². The summed E-state index contributed by atoms with van der Waals surface area (Å²) in [6.07, 6.45) is 52.2. The lowest BCUT2D eigenvalue weighted by atomic mass is 9.99. The normalized spacial score (nSPS) is 19.7. The van der Waals surface area contributed by atoms with Gasteiger partial charge in [-0.05, 0) is 51.4 Å². The molecule has 0 aromatic carbocycles. The molecule has 418 valence electrons. The minimum atomic E-state index is -5.09. The van der Waals surface area contributed by atoms with Crippen LogP contribution in [-0.2, 0) is 28.9 Å². The van der Waals surface area contributed by atoms with Crippen LogP contribution >= 0.6 is 0 Å². The van der Waals surface area contributed by atoms with Gasteiger partial charge in [-0.1, -0.05) is 249 Å². The third kappa shape index (κ3) is 40.3. The summed E-state index contributed by atoms with van der Waals surface area (Å²) in [7, 11) is -5.09. The van der Waals surface area contributed by atoms with Gasteiger partial charge in [0, 0.05) is 6.42 Å². The molecule has 1 amide bonds. The van der Waals surface area contributed by atoms with Gasteiger partial charge >= 0.3 is 10.4 Å². The van der Waals surface area contributed by atoms with Gasteiger partial charge in [0.2, 0.25) is 5.91 Å². The molecule has 1 heterocycles. The topological polar surface area (TPSA) is 192 Å². The van der Waals surface area contributed by atoms with E-state index in [1.807, 2.05) is 6.08 Å². The van der Waals surface area contributed by atoms with Crippen LogP contribution in [0.2, 0.25) is 0 Å². The first-order chi connectivity index (χ1) is 34.5. The molecule has 1 rings (SSSR count). The van der Waals surface area contributed by atoms with Crippen LogP contribution in [0.4, 0.5) is 0 Å². The largest absolute Gasteiger partial charge is 0.397 e. The van der Waals surface area contributed by atoms with E-state index in [-0.39, 0.29) is 18.9 Å². The van der Waals surface area contributed by atoms with Crippen molar-refractivity contribution in [1.29, 1.82) is 0 Å². The van der Waals surface area contributed by atoms with E-state index < -0.39 is 59.9 Å². The molecule has 1 fully saturated rings. The van der Waals surface area contributed by atoms with Crippen LogP contribution < -0.4 is 5.32 Å². The monoisotopic (exact) mass is 1030 g/mol. The number of unbranched alkanes of at least 4 members (excludes halogenated alkanes) is 35. The van der Waals surface area contributed by atoms with E-state index in [4.69, 9.17) is 9.47 Å². The Morgan fingerprint density at radius 3 is 1.34 bits per heavy atom. The predicted octanol–water partition coefficient (Wildman–Crippen LogP) is 13.8. The molecule has 12 nitrogen and oxygen atoms in total. The molecule has 7 unspecified atom stereocenters. The highest BCUT2D eigenvalue weighted by molar-refractivity contribution is 7.80. The molecule has 0 spiro atoms. The number of amides is 1. The minimum Gasteiger partial charge on any atom is -0.394 e. The van der Waals surface area contributed by atoms with Gasteiger partial charge in [0.05, 0.1) is 25.4 Å². The first-order valence-electron chi connectivity index (χ1n) is 29.4. The Morgan fingerprint density at radius 1 is 0.563 bits per heavy atom. The molecular weight excluding hydrogens is 919 g/mol. The number of hydrogen-bond donors (Lipinski definition) is 6. The molecule has 0 aromatic heterocycles. The fourth-order valence-corrected chi connectivity index (χ4v) is 9.88. The standard InChI is InChI=1S/C58H109NO11S/c1-3-5-7-9-11-13-15-16-17-18-19-20-21-22-23-24-25-26-27-28-29-30-31-32-33-34-35-36-38-40-42-44-46-48-54(62)59-51(52(61)47-45-43-41-39-37-14-12-10-8-6-4-2)50-68-58-56(64)57(70-71(65,66)67)55(63)53(49-60)69-58/h19-20,22-23,45,47,51-53,55-58,60-61,63-64H,3-18,21,24-44,46,48-50H2,1-2H3,(H,59,62)(H,65,66,67)/b20-19-,23-22-,47-45+. The summed E-state index contributed by atoms with van der Waals surface area (Å²) in [5.74, 6) is -0.261. The van der Waals surface area contributed by atoms with Crippen molar-refractivity contribution in [3.63, 3.8) is 0 Å². The van der Waals surface area contributed by atoms with Crippen molar-refractivity contribution >= 4 is 16.3 Å². The zero-order chi connectivity index (χ0) is 51.9. The van der Waals surface area contributed by atoms with Gasteiger partial charge in [0.1, 0.15) is 24.4 Å². The van der Waals surface area contributed by atoms with Crippen LogP contribution in [0, 0.1) is 0 Å². The number of ether oxygens (including phenoxy) is 2. The number of aliphatic hydroxyl groups is 4. The Hall–Kier alpha value is -1.68. The summed E-state index contributed by atoms with van der Waals surface area (Å²) >= 11 is 0. The Labute approximate surface area is 435 Å². The number of carbonyl (C=O) groups excluding carboxylic acids is 1. The molecule has 0 aromatic rings. The molecule has 13 heteroatoms. The second-order valence-electron chi connectivity index (χ2n) is 20.6. The molecule has 7 atom stereocenters. The van der Waals surface area contributed by atoms with Gasteiger partial charge in [0.15, 0.2) is 6.29 Å². The second kappa shape index (κ2) is 48.0. The molecule has 0 radical (unpaired) electrons. The number of carbonyl (C=O) groups is 1. The maximum absolute atomic E-state index is 13.1. The van der Waals surface area contributed by atoms with Crippen molar-refractivity contribution in [3.8, 4) is 0 Å². The van der Waals surface area contributed by atoms with Crippen molar-refractivity contribution in [2.75, 3.05) is 13.2 Å². The zero-order valence-corrected chi connectivity index (χ0v) is 46.1. The lowest BCUT2D eigenvalue weighted by Gasteiger charge is -2.41. The summed E-state index contributed by atoms with van der Waals surface area (Å²) < 4.78 is 47.7. The number of nitrogens with one attached hydrogen (secondary N) is 1. The summed E-state index contributed by atoms with van der Waals surface area (Å²) in [5, 5.41) is 44.8. The highest BCUT2D eigenvalue weighted by atomic mass is 32.3. The molecule has 0 saturated carbocycles. The fraction of sp³-hybridized carbons (Fsp3) is 0.879. The van der Waals surface area contributed by atoms with Gasteiger partial charge in [-0.25, -0.2) is 4.18 Å². The summed E-state index contributed by atoms with van der Waals surface area (Å²) in [6, 6.07) is -0.942. The fourth-order valence-electron chi connectivity index (χ4n) is 9.37. The van der Waals surface area contributed by atoms with Crippen LogP contribution in [0.15, 0.2) is 36.5 Å². The third-order valence-corrected chi connectivity index (χ3v) is 14.4. The molecular formula is C58H109NO11S. The molecule has 71 heavy (non-hydrogen) atoms. The third-order valence-electron chi connectivity index (χ3n) is 13.9.